The summed E-state index contributed by atoms with van der Waals surface area (Å²) in [6.07, 6.45) is 7.73. The quantitative estimate of drug-likeness (QED) is 0.406. The van der Waals surface area contributed by atoms with E-state index in [1.807, 2.05) is 39.0 Å². The Morgan fingerprint density at radius 1 is 1.03 bits per heavy atom. The van der Waals surface area contributed by atoms with Crippen LogP contribution < -0.4 is 10.2 Å². The molecule has 0 aromatic heterocycles. The molecule has 1 aromatic carbocycles. The largest absolute Gasteiger partial charge is 0.465 e. The summed E-state index contributed by atoms with van der Waals surface area (Å²) in [4.78, 5) is 41.1. The van der Waals surface area contributed by atoms with Crippen molar-refractivity contribution in [1.29, 1.82) is 0 Å². The highest BCUT2D eigenvalue weighted by Crippen LogP contribution is 2.36. The highest BCUT2D eigenvalue weighted by molar-refractivity contribution is 9.10. The molecule has 1 aromatic rings. The number of nitrogens with zero attached hydrogens (tertiary/aromatic N) is 2. The van der Waals surface area contributed by atoms with Crippen molar-refractivity contribution >= 4 is 45.3 Å². The molecule has 2 heterocycles. The number of rotatable bonds is 5. The Bertz CT molecular complexity index is 1100. The van der Waals surface area contributed by atoms with Crippen LogP contribution in [-0.4, -0.2) is 61.9 Å². The molecule has 36 heavy (non-hydrogen) atoms. The van der Waals surface area contributed by atoms with Crippen LogP contribution in [0.2, 0.25) is 0 Å². The fraction of sp³-hybridized carbons (Fsp3) is 0.423. The smallest absolute Gasteiger partial charge is 0.410 e. The molecule has 0 unspecified atom stereocenters. The van der Waals surface area contributed by atoms with Crippen LogP contribution in [0.5, 0.6) is 0 Å². The van der Waals surface area contributed by atoms with Gasteiger partial charge in [0.2, 0.25) is 0 Å². The van der Waals surface area contributed by atoms with Crippen LogP contribution in [0.3, 0.4) is 0 Å². The number of ether oxygens (including phenoxy) is 3. The van der Waals surface area contributed by atoms with E-state index >= 15 is 0 Å². The van der Waals surface area contributed by atoms with Gasteiger partial charge in [-0.05, 0) is 64.0 Å². The van der Waals surface area contributed by atoms with Gasteiger partial charge in [-0.2, -0.15) is 0 Å². The number of allylic oxidation sites excluding steroid dienone is 2. The lowest BCUT2D eigenvalue weighted by molar-refractivity contribution is -0.139. The summed E-state index contributed by atoms with van der Waals surface area (Å²) >= 11 is 3.51. The number of halogens is 1. The lowest BCUT2D eigenvalue weighted by Gasteiger charge is -2.35. The van der Waals surface area contributed by atoms with Gasteiger partial charge in [0.25, 0.3) is 0 Å². The van der Waals surface area contributed by atoms with Gasteiger partial charge in [0, 0.05) is 29.8 Å². The second-order valence-electron chi connectivity index (χ2n) is 9.36. The number of methoxy groups -OCH3 is 2. The average molecular weight is 562 g/mol. The van der Waals surface area contributed by atoms with Crippen LogP contribution in [0.25, 0.3) is 0 Å². The summed E-state index contributed by atoms with van der Waals surface area (Å²) in [6, 6.07) is 5.73. The molecule has 194 valence electrons. The van der Waals surface area contributed by atoms with Gasteiger partial charge in [-0.25, -0.2) is 14.4 Å². The minimum Gasteiger partial charge on any atom is -0.465 e. The third kappa shape index (κ3) is 6.69. The first-order valence-corrected chi connectivity index (χ1v) is 12.4. The fourth-order valence-corrected chi connectivity index (χ4v) is 4.28. The molecule has 1 N–H and O–H groups in total. The second-order valence-corrected chi connectivity index (χ2v) is 10.3. The van der Waals surface area contributed by atoms with E-state index in [0.717, 1.165) is 23.0 Å². The molecule has 0 radical (unpaired) electrons. The monoisotopic (exact) mass is 561 g/mol. The highest BCUT2D eigenvalue weighted by atomic mass is 79.9. The molecule has 1 saturated heterocycles. The van der Waals surface area contributed by atoms with E-state index in [0.29, 0.717) is 18.8 Å². The van der Waals surface area contributed by atoms with Crippen LogP contribution in [0.1, 0.15) is 33.6 Å². The number of nitrogens with one attached hydrogen (secondary N) is 1. The van der Waals surface area contributed by atoms with Crippen molar-refractivity contribution in [2.75, 3.05) is 37.5 Å². The van der Waals surface area contributed by atoms with Crippen molar-refractivity contribution in [3.8, 4) is 0 Å². The predicted molar refractivity (Wildman–Crippen MR) is 140 cm³/mol. The number of likely N-dealkylation sites (tertiary alicyclic amines) is 1. The SMILES string of the molecule is COC(=O)C1=C(C(=O)OC)N(c2cc(Br)ccc2NC2CCN(C(=O)OC(C)(C)C)CC2)C=CC=C1. The minimum absolute atomic E-state index is 0.0373. The highest BCUT2D eigenvalue weighted by Gasteiger charge is 2.30. The Labute approximate surface area is 219 Å². The van der Waals surface area contributed by atoms with E-state index in [-0.39, 0.29) is 23.4 Å². The molecular formula is C26H32BrN3O6. The van der Waals surface area contributed by atoms with Crippen molar-refractivity contribution < 1.29 is 28.6 Å². The van der Waals surface area contributed by atoms with Crippen LogP contribution in [0.15, 0.2) is 58.4 Å². The standard InChI is InChI=1S/C26H32BrN3O6/c1-26(2,3)36-25(33)29-14-11-18(12-15-29)28-20-10-9-17(27)16-21(20)30-13-7-6-8-19(23(31)34-4)22(30)24(32)35-5/h6-10,13,16,18,28H,11-12,14-15H2,1-5H3. The summed E-state index contributed by atoms with van der Waals surface area (Å²) in [7, 11) is 2.52. The Kier molecular flexibility index (Phi) is 8.84. The first-order valence-electron chi connectivity index (χ1n) is 11.6. The first kappa shape index (κ1) is 27.3. The summed E-state index contributed by atoms with van der Waals surface area (Å²) in [5, 5.41) is 3.55. The van der Waals surface area contributed by atoms with E-state index in [9.17, 15) is 14.4 Å². The van der Waals surface area contributed by atoms with Gasteiger partial charge < -0.3 is 29.3 Å². The average Bonchev–Trinajstić information content (AvgIpc) is 3.06. The molecule has 1 fully saturated rings. The normalized spacial score (nSPS) is 16.5. The maximum atomic E-state index is 12.8. The topological polar surface area (TPSA) is 97.4 Å². The molecule has 0 spiro atoms. The molecule has 3 rings (SSSR count). The molecule has 9 nitrogen and oxygen atoms in total. The summed E-state index contributed by atoms with van der Waals surface area (Å²) in [5.41, 5.74) is 0.968. The lowest BCUT2D eigenvalue weighted by Crippen LogP contribution is -2.44. The number of anilines is 2. The van der Waals surface area contributed by atoms with E-state index in [2.05, 4.69) is 21.2 Å². The summed E-state index contributed by atoms with van der Waals surface area (Å²) in [5.74, 6) is -1.33. The summed E-state index contributed by atoms with van der Waals surface area (Å²) in [6.45, 7) is 6.68. The van der Waals surface area contributed by atoms with Crippen LogP contribution in [0.4, 0.5) is 16.2 Å². The fourth-order valence-electron chi connectivity index (χ4n) is 3.93. The Balaban J connectivity index is 1.88. The molecule has 0 bridgehead atoms. The van der Waals surface area contributed by atoms with Gasteiger partial charge in [0.1, 0.15) is 11.3 Å². The minimum atomic E-state index is -0.678. The Morgan fingerprint density at radius 3 is 2.31 bits per heavy atom. The van der Waals surface area contributed by atoms with Crippen molar-refractivity contribution in [2.45, 2.75) is 45.3 Å². The molecule has 1 amide bonds. The van der Waals surface area contributed by atoms with Gasteiger partial charge >= 0.3 is 18.0 Å². The number of piperidine rings is 1. The maximum Gasteiger partial charge on any atom is 0.410 e. The zero-order chi connectivity index (χ0) is 26.5. The van der Waals surface area contributed by atoms with Gasteiger partial charge in [-0.3, -0.25) is 0 Å². The molecule has 0 aliphatic carbocycles. The van der Waals surface area contributed by atoms with Crippen molar-refractivity contribution in [3.63, 3.8) is 0 Å². The maximum absolute atomic E-state index is 12.8. The molecule has 2 aliphatic rings. The third-order valence-electron chi connectivity index (χ3n) is 5.61. The second kappa shape index (κ2) is 11.6. The molecule has 0 saturated carbocycles. The number of amides is 1. The Hall–Kier alpha value is -3.27. The van der Waals surface area contributed by atoms with E-state index < -0.39 is 17.5 Å². The molecule has 0 atom stereocenters. The van der Waals surface area contributed by atoms with Gasteiger partial charge in [-0.15, -0.1) is 0 Å². The molecular weight excluding hydrogens is 530 g/mol. The molecule has 10 heteroatoms. The van der Waals surface area contributed by atoms with Crippen LogP contribution in [0, 0.1) is 0 Å². The first-order chi connectivity index (χ1) is 17.0. The van der Waals surface area contributed by atoms with E-state index in [4.69, 9.17) is 14.2 Å². The zero-order valence-electron chi connectivity index (χ0n) is 21.2. The van der Waals surface area contributed by atoms with Crippen molar-refractivity contribution in [3.05, 3.63) is 58.4 Å². The van der Waals surface area contributed by atoms with Gasteiger partial charge in [0.05, 0.1) is 31.2 Å². The zero-order valence-corrected chi connectivity index (χ0v) is 22.8. The van der Waals surface area contributed by atoms with Gasteiger partial charge in [-0.1, -0.05) is 22.0 Å². The lowest BCUT2D eigenvalue weighted by atomic mass is 10.0. The number of hydrogen-bond acceptors (Lipinski definition) is 8. The van der Waals surface area contributed by atoms with Crippen molar-refractivity contribution in [2.24, 2.45) is 0 Å². The Morgan fingerprint density at radius 2 is 1.69 bits per heavy atom. The summed E-state index contributed by atoms with van der Waals surface area (Å²) < 4.78 is 16.2. The number of hydrogen-bond donors (Lipinski definition) is 1. The number of esters is 2. The van der Waals surface area contributed by atoms with Crippen molar-refractivity contribution in [1.82, 2.24) is 4.90 Å². The van der Waals surface area contributed by atoms with Gasteiger partial charge in [0.15, 0.2) is 0 Å². The number of carbonyl (C=O) groups excluding carboxylic acids is 3. The number of carbonyl (C=O) groups is 3. The van der Waals surface area contributed by atoms with E-state index in [1.165, 1.54) is 20.3 Å². The van der Waals surface area contributed by atoms with Crippen LogP contribution >= 0.6 is 15.9 Å². The number of benzene rings is 1. The predicted octanol–water partition coefficient (Wildman–Crippen LogP) is 4.75. The third-order valence-corrected chi connectivity index (χ3v) is 6.11. The van der Waals surface area contributed by atoms with Crippen LogP contribution in [-0.2, 0) is 23.8 Å². The van der Waals surface area contributed by atoms with E-state index in [1.54, 1.807) is 28.2 Å². The molecule has 2 aliphatic heterocycles.